The molecule has 1 aromatic carbocycles. The van der Waals surface area contributed by atoms with Crippen molar-refractivity contribution in [3.63, 3.8) is 0 Å². The molecule has 1 aromatic rings. The van der Waals surface area contributed by atoms with Gasteiger partial charge in [-0.1, -0.05) is 18.2 Å². The standard InChI is InChI=1S/C19H27N3O/c1-14-12-21(2)17-6-4-3-5-15(17)13-22(14)18(23)16-11-19(16)7-9-20-10-8-19/h3-6,14,16,20H,7-13H2,1-2H3. The number of carbonyl (C=O) groups excluding carboxylic acids is 1. The Kier molecular flexibility index (Phi) is 3.60. The predicted octanol–water partition coefficient (Wildman–Crippen LogP) is 2.24. The molecule has 1 aliphatic carbocycles. The Morgan fingerprint density at radius 1 is 1.26 bits per heavy atom. The van der Waals surface area contributed by atoms with Gasteiger partial charge in [0, 0.05) is 37.8 Å². The summed E-state index contributed by atoms with van der Waals surface area (Å²) in [7, 11) is 2.13. The summed E-state index contributed by atoms with van der Waals surface area (Å²) in [5.41, 5.74) is 2.86. The number of likely N-dealkylation sites (N-methyl/N-ethyl adjacent to an activating group) is 1. The van der Waals surface area contributed by atoms with E-state index >= 15 is 0 Å². The average molecular weight is 313 g/mol. The number of benzene rings is 1. The van der Waals surface area contributed by atoms with E-state index in [2.05, 4.69) is 53.4 Å². The molecule has 2 heterocycles. The molecular formula is C19H27N3O. The van der Waals surface area contributed by atoms with Crippen molar-refractivity contribution >= 4 is 11.6 Å². The summed E-state index contributed by atoms with van der Waals surface area (Å²) in [6.45, 7) is 6.00. The van der Waals surface area contributed by atoms with Crippen LogP contribution in [0.15, 0.2) is 24.3 Å². The topological polar surface area (TPSA) is 35.6 Å². The van der Waals surface area contributed by atoms with E-state index in [0.717, 1.165) is 32.6 Å². The molecule has 2 atom stereocenters. The lowest BCUT2D eigenvalue weighted by Crippen LogP contribution is -2.44. The van der Waals surface area contributed by atoms with Crippen LogP contribution in [0.5, 0.6) is 0 Å². The van der Waals surface area contributed by atoms with Crippen LogP contribution in [0.25, 0.3) is 0 Å². The molecule has 0 radical (unpaired) electrons. The zero-order chi connectivity index (χ0) is 16.0. The number of para-hydroxylation sites is 1. The summed E-state index contributed by atoms with van der Waals surface area (Å²) in [5.74, 6) is 0.659. The molecule has 4 heteroatoms. The first kappa shape index (κ1) is 15.0. The Morgan fingerprint density at radius 3 is 2.78 bits per heavy atom. The Hall–Kier alpha value is -1.55. The number of carbonyl (C=O) groups is 1. The quantitative estimate of drug-likeness (QED) is 0.864. The van der Waals surface area contributed by atoms with Crippen molar-refractivity contribution < 1.29 is 4.79 Å². The first-order valence-electron chi connectivity index (χ1n) is 8.91. The molecule has 1 spiro atoms. The fourth-order valence-electron chi connectivity index (χ4n) is 4.62. The second-order valence-electron chi connectivity index (χ2n) is 7.69. The van der Waals surface area contributed by atoms with E-state index in [1.165, 1.54) is 24.1 Å². The molecule has 4 nitrogen and oxygen atoms in total. The van der Waals surface area contributed by atoms with E-state index in [0.29, 0.717) is 11.3 Å². The Morgan fingerprint density at radius 2 is 2.00 bits per heavy atom. The number of rotatable bonds is 1. The van der Waals surface area contributed by atoms with Gasteiger partial charge in [-0.3, -0.25) is 4.79 Å². The van der Waals surface area contributed by atoms with Crippen molar-refractivity contribution in [2.24, 2.45) is 11.3 Å². The molecule has 0 aromatic heterocycles. The van der Waals surface area contributed by atoms with Crippen molar-refractivity contribution in [1.82, 2.24) is 10.2 Å². The maximum atomic E-state index is 13.2. The van der Waals surface area contributed by atoms with Gasteiger partial charge in [0.15, 0.2) is 0 Å². The lowest BCUT2D eigenvalue weighted by atomic mass is 9.91. The highest BCUT2D eigenvalue weighted by molar-refractivity contribution is 5.83. The van der Waals surface area contributed by atoms with Crippen LogP contribution in [0.3, 0.4) is 0 Å². The lowest BCUT2D eigenvalue weighted by Gasteiger charge is -2.30. The van der Waals surface area contributed by atoms with Gasteiger partial charge in [-0.05, 0) is 56.3 Å². The van der Waals surface area contributed by atoms with Gasteiger partial charge in [-0.2, -0.15) is 0 Å². The van der Waals surface area contributed by atoms with E-state index in [1.54, 1.807) is 0 Å². The zero-order valence-electron chi connectivity index (χ0n) is 14.2. The number of hydrogen-bond donors (Lipinski definition) is 1. The van der Waals surface area contributed by atoms with Crippen molar-refractivity contribution in [2.45, 2.75) is 38.8 Å². The lowest BCUT2D eigenvalue weighted by molar-refractivity contribution is -0.136. The maximum absolute atomic E-state index is 13.2. The number of amides is 1. The molecule has 4 rings (SSSR count). The highest BCUT2D eigenvalue weighted by Crippen LogP contribution is 2.59. The molecular weight excluding hydrogens is 286 g/mol. The van der Waals surface area contributed by atoms with Crippen LogP contribution in [-0.4, -0.2) is 43.5 Å². The predicted molar refractivity (Wildman–Crippen MR) is 92.4 cm³/mol. The summed E-state index contributed by atoms with van der Waals surface area (Å²) in [5, 5.41) is 3.43. The summed E-state index contributed by atoms with van der Waals surface area (Å²) in [4.78, 5) is 17.6. The van der Waals surface area contributed by atoms with E-state index in [9.17, 15) is 4.79 Å². The van der Waals surface area contributed by atoms with Crippen LogP contribution in [-0.2, 0) is 11.3 Å². The van der Waals surface area contributed by atoms with Gasteiger partial charge in [0.05, 0.1) is 0 Å². The van der Waals surface area contributed by atoms with Gasteiger partial charge >= 0.3 is 0 Å². The van der Waals surface area contributed by atoms with Gasteiger partial charge in [-0.15, -0.1) is 0 Å². The van der Waals surface area contributed by atoms with E-state index in [4.69, 9.17) is 0 Å². The highest BCUT2D eigenvalue weighted by atomic mass is 16.2. The molecule has 0 bridgehead atoms. The smallest absolute Gasteiger partial charge is 0.226 e. The van der Waals surface area contributed by atoms with Crippen molar-refractivity contribution in [1.29, 1.82) is 0 Å². The molecule has 1 N–H and O–H groups in total. The summed E-state index contributed by atoms with van der Waals surface area (Å²) in [6, 6.07) is 8.76. The van der Waals surface area contributed by atoms with Gasteiger partial charge in [0.1, 0.15) is 0 Å². The van der Waals surface area contributed by atoms with Crippen LogP contribution in [0.1, 0.15) is 31.7 Å². The molecule has 1 amide bonds. The SMILES string of the molecule is CC1CN(C)c2ccccc2CN1C(=O)C1CC12CCNCC2. The van der Waals surface area contributed by atoms with Crippen molar-refractivity contribution in [2.75, 3.05) is 31.6 Å². The van der Waals surface area contributed by atoms with Gasteiger partial charge < -0.3 is 15.1 Å². The second-order valence-corrected chi connectivity index (χ2v) is 7.69. The Bertz CT molecular complexity index is 608. The monoisotopic (exact) mass is 313 g/mol. The zero-order valence-corrected chi connectivity index (χ0v) is 14.2. The third-order valence-corrected chi connectivity index (χ3v) is 6.18. The van der Waals surface area contributed by atoms with Crippen LogP contribution in [0, 0.1) is 11.3 Å². The van der Waals surface area contributed by atoms with E-state index in [1.807, 2.05) is 0 Å². The molecule has 1 saturated heterocycles. The third kappa shape index (κ3) is 2.53. The Balaban J connectivity index is 1.55. The largest absolute Gasteiger partial charge is 0.372 e. The molecule has 3 aliphatic rings. The van der Waals surface area contributed by atoms with Crippen LogP contribution < -0.4 is 10.2 Å². The number of hydrogen-bond acceptors (Lipinski definition) is 3. The summed E-state index contributed by atoms with van der Waals surface area (Å²) < 4.78 is 0. The normalized spacial score (nSPS) is 29.1. The van der Waals surface area contributed by atoms with Crippen molar-refractivity contribution in [3.05, 3.63) is 29.8 Å². The fourth-order valence-corrected chi connectivity index (χ4v) is 4.62. The number of nitrogens with one attached hydrogen (secondary N) is 1. The summed E-state index contributed by atoms with van der Waals surface area (Å²) in [6.07, 6.45) is 3.44. The number of piperidine rings is 1. The molecule has 2 fully saturated rings. The molecule has 2 unspecified atom stereocenters. The average Bonchev–Trinajstić information content (AvgIpc) is 3.27. The van der Waals surface area contributed by atoms with Crippen LogP contribution in [0.2, 0.25) is 0 Å². The number of fused-ring (bicyclic) bond motifs is 1. The van der Waals surface area contributed by atoms with Crippen molar-refractivity contribution in [3.8, 4) is 0 Å². The fraction of sp³-hybridized carbons (Fsp3) is 0.632. The molecule has 124 valence electrons. The first-order valence-corrected chi connectivity index (χ1v) is 8.91. The van der Waals surface area contributed by atoms with E-state index in [-0.39, 0.29) is 12.0 Å². The number of anilines is 1. The molecule has 1 saturated carbocycles. The molecule has 2 aliphatic heterocycles. The minimum absolute atomic E-state index is 0.263. The highest BCUT2D eigenvalue weighted by Gasteiger charge is 2.58. The van der Waals surface area contributed by atoms with Gasteiger partial charge in [0.2, 0.25) is 5.91 Å². The number of nitrogens with zero attached hydrogens (tertiary/aromatic N) is 2. The van der Waals surface area contributed by atoms with Crippen LogP contribution >= 0.6 is 0 Å². The first-order chi connectivity index (χ1) is 11.1. The second kappa shape index (κ2) is 5.52. The summed E-state index contributed by atoms with van der Waals surface area (Å²) >= 11 is 0. The third-order valence-electron chi connectivity index (χ3n) is 6.18. The minimum Gasteiger partial charge on any atom is -0.372 e. The van der Waals surface area contributed by atoms with Crippen LogP contribution in [0.4, 0.5) is 5.69 Å². The molecule has 23 heavy (non-hydrogen) atoms. The van der Waals surface area contributed by atoms with Gasteiger partial charge in [-0.25, -0.2) is 0 Å². The Labute approximate surface area is 138 Å². The van der Waals surface area contributed by atoms with E-state index < -0.39 is 0 Å². The minimum atomic E-state index is 0.263. The maximum Gasteiger partial charge on any atom is 0.226 e. The van der Waals surface area contributed by atoms with Gasteiger partial charge in [0.25, 0.3) is 0 Å².